The Balaban J connectivity index is 1.32. The molecule has 3 aliphatic rings. The highest BCUT2D eigenvalue weighted by Crippen LogP contribution is 2.49. The van der Waals surface area contributed by atoms with Crippen molar-refractivity contribution >= 4 is 23.7 Å². The summed E-state index contributed by atoms with van der Waals surface area (Å²) in [5.74, 6) is -0.606. The number of aromatic carboxylic acids is 1. The van der Waals surface area contributed by atoms with Crippen molar-refractivity contribution in [3.63, 3.8) is 0 Å². The number of amides is 3. The van der Waals surface area contributed by atoms with Gasteiger partial charge in [-0.1, -0.05) is 36.8 Å². The third kappa shape index (κ3) is 4.87. The van der Waals surface area contributed by atoms with Crippen LogP contribution in [-0.4, -0.2) is 82.0 Å². The first-order valence-corrected chi connectivity index (χ1v) is 13.5. The predicted molar refractivity (Wildman–Crippen MR) is 144 cm³/mol. The monoisotopic (exact) mass is 519 g/mol. The van der Waals surface area contributed by atoms with Crippen LogP contribution in [0.1, 0.15) is 60.9 Å². The lowest BCUT2D eigenvalue weighted by Gasteiger charge is -2.51. The highest BCUT2D eigenvalue weighted by molar-refractivity contribution is 5.94. The minimum absolute atomic E-state index is 0.0490. The Morgan fingerprint density at radius 1 is 1.08 bits per heavy atom. The van der Waals surface area contributed by atoms with Gasteiger partial charge in [0.25, 0.3) is 0 Å². The van der Waals surface area contributed by atoms with Crippen LogP contribution in [0, 0.1) is 5.92 Å². The molecule has 2 heterocycles. The van der Waals surface area contributed by atoms with Gasteiger partial charge in [0.05, 0.1) is 11.1 Å². The van der Waals surface area contributed by atoms with Gasteiger partial charge in [0.2, 0.25) is 5.91 Å². The van der Waals surface area contributed by atoms with E-state index in [0.717, 1.165) is 45.1 Å². The topological polar surface area (TPSA) is 106 Å². The first kappa shape index (κ1) is 26.2. The fourth-order valence-corrected chi connectivity index (χ4v) is 6.46. The Morgan fingerprint density at radius 2 is 1.79 bits per heavy atom. The zero-order chi connectivity index (χ0) is 26.9. The van der Waals surface area contributed by atoms with E-state index in [1.807, 2.05) is 6.07 Å². The van der Waals surface area contributed by atoms with Crippen molar-refractivity contribution in [2.24, 2.45) is 5.92 Å². The third-order valence-electron chi connectivity index (χ3n) is 9.01. The van der Waals surface area contributed by atoms with Gasteiger partial charge in [-0.2, -0.15) is 0 Å². The van der Waals surface area contributed by atoms with Gasteiger partial charge in [-0.15, -0.1) is 0 Å². The van der Waals surface area contributed by atoms with Crippen molar-refractivity contribution in [2.45, 2.75) is 56.0 Å². The average molecular weight is 520 g/mol. The van der Waals surface area contributed by atoms with Crippen LogP contribution in [0.15, 0.2) is 48.7 Å². The summed E-state index contributed by atoms with van der Waals surface area (Å²) in [6.45, 7) is 1.24. The summed E-state index contributed by atoms with van der Waals surface area (Å²) in [5, 5.41) is 11.8. The Labute approximate surface area is 223 Å². The summed E-state index contributed by atoms with van der Waals surface area (Å²) < 4.78 is 0. The van der Waals surface area contributed by atoms with Gasteiger partial charge >= 0.3 is 12.0 Å². The number of nitrogens with one attached hydrogen (secondary N) is 1. The molecular weight excluding hydrogens is 482 g/mol. The van der Waals surface area contributed by atoms with Crippen molar-refractivity contribution in [3.8, 4) is 0 Å². The van der Waals surface area contributed by atoms with Crippen molar-refractivity contribution in [1.82, 2.24) is 19.7 Å². The van der Waals surface area contributed by atoms with Gasteiger partial charge in [0.15, 0.2) is 0 Å². The maximum absolute atomic E-state index is 13.7. The molecule has 202 valence electrons. The van der Waals surface area contributed by atoms with Crippen LogP contribution >= 0.6 is 0 Å². The van der Waals surface area contributed by atoms with E-state index in [1.165, 1.54) is 30.3 Å². The Hall–Kier alpha value is -3.46. The van der Waals surface area contributed by atoms with E-state index in [-0.39, 0.29) is 40.9 Å². The molecule has 1 aliphatic heterocycles. The van der Waals surface area contributed by atoms with Crippen LogP contribution in [0.2, 0.25) is 0 Å². The second-order valence-electron chi connectivity index (χ2n) is 11.3. The number of benzene rings is 1. The van der Waals surface area contributed by atoms with Gasteiger partial charge in [0, 0.05) is 24.8 Å². The molecule has 0 atom stereocenters. The van der Waals surface area contributed by atoms with Crippen LogP contribution < -0.4 is 5.32 Å². The van der Waals surface area contributed by atoms with Crippen molar-refractivity contribution in [2.75, 3.05) is 39.0 Å². The zero-order valence-corrected chi connectivity index (χ0v) is 22.2. The van der Waals surface area contributed by atoms with E-state index in [1.54, 1.807) is 4.90 Å². The summed E-state index contributed by atoms with van der Waals surface area (Å²) in [7, 11) is 4.29. The van der Waals surface area contributed by atoms with Gasteiger partial charge < -0.3 is 20.2 Å². The number of hydrogen-bond acceptors (Lipinski definition) is 5. The highest BCUT2D eigenvalue weighted by atomic mass is 16.4. The number of pyridine rings is 1. The smallest absolute Gasteiger partial charge is 0.337 e. The van der Waals surface area contributed by atoms with Crippen LogP contribution in [0.5, 0.6) is 0 Å². The van der Waals surface area contributed by atoms with Crippen LogP contribution in [0.4, 0.5) is 10.6 Å². The summed E-state index contributed by atoms with van der Waals surface area (Å²) in [6, 6.07) is 13.4. The van der Waals surface area contributed by atoms with Crippen molar-refractivity contribution in [3.05, 3.63) is 59.8 Å². The van der Waals surface area contributed by atoms with Gasteiger partial charge in [-0.3, -0.25) is 9.69 Å². The fraction of sp³-hybridized carbons (Fsp3) is 0.517. The number of nitrogens with zero attached hydrogens (tertiary/aromatic N) is 4. The first-order chi connectivity index (χ1) is 18.2. The Bertz CT molecular complexity index is 1170. The number of aromatic nitrogens is 1. The minimum atomic E-state index is -1.08. The lowest BCUT2D eigenvalue weighted by atomic mass is 9.68. The van der Waals surface area contributed by atoms with Crippen LogP contribution in [0.3, 0.4) is 0 Å². The van der Waals surface area contributed by atoms with Crippen LogP contribution in [-0.2, 0) is 10.3 Å². The van der Waals surface area contributed by atoms with Crippen molar-refractivity contribution in [1.29, 1.82) is 0 Å². The molecule has 2 N–H and O–H groups in total. The molecule has 3 amide bonds. The lowest BCUT2D eigenvalue weighted by molar-refractivity contribution is -0.116. The summed E-state index contributed by atoms with van der Waals surface area (Å²) in [6.07, 6.45) is 8.39. The SMILES string of the molecule is CN(C)C1(c2ccccc2)CCC2(CC1)CN(CC(=O)Nc1ccc(C(=O)O)cn1)C(=O)N2CC1CCC1. The number of hydrogen-bond donors (Lipinski definition) is 2. The molecule has 9 nitrogen and oxygen atoms in total. The summed E-state index contributed by atoms with van der Waals surface area (Å²) in [5.41, 5.74) is 1.01. The molecule has 0 bridgehead atoms. The van der Waals surface area contributed by atoms with Crippen LogP contribution in [0.25, 0.3) is 0 Å². The number of carboxylic acids is 1. The summed E-state index contributed by atoms with van der Waals surface area (Å²) in [4.78, 5) is 47.8. The largest absolute Gasteiger partial charge is 0.478 e. The first-order valence-electron chi connectivity index (χ1n) is 13.5. The van der Waals surface area contributed by atoms with Crippen molar-refractivity contribution < 1.29 is 19.5 Å². The number of carbonyl (C=O) groups excluding carboxylic acids is 2. The molecule has 0 radical (unpaired) electrons. The zero-order valence-electron chi connectivity index (χ0n) is 22.2. The maximum Gasteiger partial charge on any atom is 0.337 e. The molecule has 5 rings (SSSR count). The number of carbonyl (C=O) groups is 3. The second-order valence-corrected chi connectivity index (χ2v) is 11.3. The molecule has 9 heteroatoms. The Kier molecular flexibility index (Phi) is 7.13. The number of anilines is 1. The molecule has 1 aromatic carbocycles. The molecule has 38 heavy (non-hydrogen) atoms. The molecule has 1 spiro atoms. The maximum atomic E-state index is 13.7. The summed E-state index contributed by atoms with van der Waals surface area (Å²) >= 11 is 0. The van der Waals surface area contributed by atoms with E-state index < -0.39 is 5.97 Å². The van der Waals surface area contributed by atoms with E-state index in [0.29, 0.717) is 12.5 Å². The number of rotatable bonds is 8. The standard InChI is InChI=1S/C29H37N5O4/c1-32(2)29(23-9-4-3-5-10-23)15-13-28(14-16-29)20-33(27(38)34(28)18-21-7-6-8-21)19-25(35)31-24-12-11-22(17-30-24)26(36)37/h3-5,9-12,17,21H,6-8,13-16,18-20H2,1-2H3,(H,36,37)(H,30,31,35). The quantitative estimate of drug-likeness (QED) is 0.546. The van der Waals surface area contributed by atoms with Gasteiger partial charge in [0.1, 0.15) is 12.4 Å². The second kappa shape index (κ2) is 10.4. The number of urea groups is 1. The Morgan fingerprint density at radius 3 is 2.34 bits per heavy atom. The number of carboxylic acid groups (broad SMARTS) is 1. The lowest BCUT2D eigenvalue weighted by Crippen LogP contribution is -2.56. The molecule has 0 unspecified atom stereocenters. The molecule has 3 fully saturated rings. The average Bonchev–Trinajstić information content (AvgIpc) is 3.12. The third-order valence-corrected chi connectivity index (χ3v) is 9.01. The van der Waals surface area contributed by atoms with Gasteiger partial charge in [-0.05, 0) is 76.2 Å². The molecular formula is C29H37N5O4. The predicted octanol–water partition coefficient (Wildman–Crippen LogP) is 4.03. The molecule has 2 aliphatic carbocycles. The molecule has 2 aromatic rings. The van der Waals surface area contributed by atoms with E-state index in [4.69, 9.17) is 5.11 Å². The highest BCUT2D eigenvalue weighted by Gasteiger charge is 2.55. The molecule has 1 aromatic heterocycles. The van der Waals surface area contributed by atoms with Gasteiger partial charge in [-0.25, -0.2) is 14.6 Å². The molecule has 1 saturated heterocycles. The van der Waals surface area contributed by atoms with E-state index in [9.17, 15) is 14.4 Å². The minimum Gasteiger partial charge on any atom is -0.478 e. The van der Waals surface area contributed by atoms with E-state index >= 15 is 0 Å². The fourth-order valence-electron chi connectivity index (χ4n) is 6.46. The molecule has 2 saturated carbocycles. The normalized spacial score (nSPS) is 25.6. The van der Waals surface area contributed by atoms with E-state index in [2.05, 4.69) is 58.5 Å².